The van der Waals surface area contributed by atoms with Gasteiger partial charge >= 0.3 is 0 Å². The van der Waals surface area contributed by atoms with E-state index in [-0.39, 0.29) is 11.8 Å². The Labute approximate surface area is 107 Å². The van der Waals surface area contributed by atoms with E-state index in [1.807, 2.05) is 6.07 Å². The van der Waals surface area contributed by atoms with E-state index in [0.717, 1.165) is 37.9 Å². The molecule has 1 aliphatic carbocycles. The Morgan fingerprint density at radius 2 is 2.11 bits per heavy atom. The van der Waals surface area contributed by atoms with Crippen LogP contribution in [0.25, 0.3) is 0 Å². The maximum atomic E-state index is 12.0. The molecule has 1 amide bonds. The number of anilines is 2. The molecule has 0 saturated carbocycles. The summed E-state index contributed by atoms with van der Waals surface area (Å²) >= 11 is 0. The van der Waals surface area contributed by atoms with Crippen molar-refractivity contribution in [2.45, 2.75) is 25.7 Å². The van der Waals surface area contributed by atoms with Gasteiger partial charge in [-0.2, -0.15) is 0 Å². The third-order valence-electron chi connectivity index (χ3n) is 3.69. The van der Waals surface area contributed by atoms with E-state index in [1.165, 1.54) is 11.3 Å². The minimum absolute atomic E-state index is 0.124. The van der Waals surface area contributed by atoms with Gasteiger partial charge in [0, 0.05) is 23.8 Å². The number of carbonyl (C=O) groups is 1. The fourth-order valence-corrected chi connectivity index (χ4v) is 2.63. The Balaban J connectivity index is 1.70. The summed E-state index contributed by atoms with van der Waals surface area (Å²) in [5, 5.41) is 6.40. The number of fused-ring (bicyclic) bond motifs is 1. The number of amides is 1. The predicted octanol–water partition coefficient (Wildman–Crippen LogP) is 2.95. The van der Waals surface area contributed by atoms with Crippen molar-refractivity contribution in [3.8, 4) is 0 Å². The highest BCUT2D eigenvalue weighted by Gasteiger charge is 2.19. The molecule has 3 nitrogen and oxygen atoms in total. The number of nitrogens with one attached hydrogen (secondary N) is 2. The van der Waals surface area contributed by atoms with Gasteiger partial charge in [-0.1, -0.05) is 12.2 Å². The van der Waals surface area contributed by atoms with Crippen LogP contribution in [0.5, 0.6) is 0 Å². The highest BCUT2D eigenvalue weighted by molar-refractivity contribution is 5.93. The summed E-state index contributed by atoms with van der Waals surface area (Å²) in [7, 11) is 0. The Morgan fingerprint density at radius 3 is 2.94 bits per heavy atom. The van der Waals surface area contributed by atoms with E-state index >= 15 is 0 Å². The van der Waals surface area contributed by atoms with Gasteiger partial charge in [-0.25, -0.2) is 0 Å². The van der Waals surface area contributed by atoms with Crippen LogP contribution in [0.15, 0.2) is 30.4 Å². The molecule has 1 heterocycles. The molecular weight excluding hydrogens is 224 g/mol. The second-order valence-electron chi connectivity index (χ2n) is 5.03. The van der Waals surface area contributed by atoms with Crippen LogP contribution in [-0.4, -0.2) is 12.5 Å². The van der Waals surface area contributed by atoms with Crippen molar-refractivity contribution in [1.82, 2.24) is 0 Å². The molecule has 94 valence electrons. The summed E-state index contributed by atoms with van der Waals surface area (Å²) in [5.74, 6) is 0.267. The number of carbonyl (C=O) groups excluding carboxylic acids is 1. The van der Waals surface area contributed by atoms with Gasteiger partial charge in [0.05, 0.1) is 0 Å². The third-order valence-corrected chi connectivity index (χ3v) is 3.69. The molecule has 1 aromatic rings. The van der Waals surface area contributed by atoms with E-state index in [9.17, 15) is 4.79 Å². The Hall–Kier alpha value is -1.77. The minimum atomic E-state index is 0.124. The zero-order valence-corrected chi connectivity index (χ0v) is 10.4. The molecule has 0 bridgehead atoms. The molecule has 0 aromatic heterocycles. The van der Waals surface area contributed by atoms with Gasteiger partial charge in [0.2, 0.25) is 5.91 Å². The van der Waals surface area contributed by atoms with Crippen LogP contribution in [0.4, 0.5) is 11.4 Å². The van der Waals surface area contributed by atoms with Gasteiger partial charge < -0.3 is 10.6 Å². The maximum Gasteiger partial charge on any atom is 0.228 e. The summed E-state index contributed by atoms with van der Waals surface area (Å²) in [6.07, 6.45) is 8.17. The molecule has 0 spiro atoms. The van der Waals surface area contributed by atoms with E-state index in [1.54, 1.807) is 0 Å². The van der Waals surface area contributed by atoms with Gasteiger partial charge in [-0.05, 0) is 49.4 Å². The number of hydrogen-bond acceptors (Lipinski definition) is 2. The molecule has 0 saturated heterocycles. The number of aryl methyl sites for hydroxylation is 1. The van der Waals surface area contributed by atoms with Crippen molar-refractivity contribution < 1.29 is 4.79 Å². The van der Waals surface area contributed by atoms with Crippen LogP contribution < -0.4 is 10.6 Å². The van der Waals surface area contributed by atoms with E-state index in [0.29, 0.717) is 0 Å². The second-order valence-corrected chi connectivity index (χ2v) is 5.03. The van der Waals surface area contributed by atoms with E-state index in [2.05, 4.69) is 34.9 Å². The lowest BCUT2D eigenvalue weighted by atomic mass is 10.0. The van der Waals surface area contributed by atoms with Crippen molar-refractivity contribution in [3.63, 3.8) is 0 Å². The van der Waals surface area contributed by atoms with Crippen molar-refractivity contribution in [2.75, 3.05) is 17.2 Å². The molecule has 2 aliphatic rings. The topological polar surface area (TPSA) is 41.1 Å². The number of allylic oxidation sites excluding steroid dienone is 2. The first-order chi connectivity index (χ1) is 8.83. The summed E-state index contributed by atoms with van der Waals surface area (Å²) < 4.78 is 0. The Kier molecular flexibility index (Phi) is 3.05. The lowest BCUT2D eigenvalue weighted by Crippen LogP contribution is -2.21. The Bertz CT molecular complexity index is 485. The molecule has 0 atom stereocenters. The van der Waals surface area contributed by atoms with Gasteiger partial charge in [-0.3, -0.25) is 4.79 Å². The minimum Gasteiger partial charge on any atom is -0.385 e. The van der Waals surface area contributed by atoms with Gasteiger partial charge in [-0.15, -0.1) is 0 Å². The average Bonchev–Trinajstić information content (AvgIpc) is 2.92. The Morgan fingerprint density at radius 1 is 1.28 bits per heavy atom. The van der Waals surface area contributed by atoms with Crippen molar-refractivity contribution in [1.29, 1.82) is 0 Å². The monoisotopic (exact) mass is 242 g/mol. The molecule has 0 unspecified atom stereocenters. The lowest BCUT2D eigenvalue weighted by Gasteiger charge is -2.19. The van der Waals surface area contributed by atoms with Crippen molar-refractivity contribution in [3.05, 3.63) is 35.9 Å². The van der Waals surface area contributed by atoms with Gasteiger partial charge in [0.25, 0.3) is 0 Å². The summed E-state index contributed by atoms with van der Waals surface area (Å²) in [6, 6.07) is 6.15. The smallest absolute Gasteiger partial charge is 0.228 e. The summed E-state index contributed by atoms with van der Waals surface area (Å²) in [6.45, 7) is 1.05. The normalized spacial score (nSPS) is 18.2. The third kappa shape index (κ3) is 2.26. The average molecular weight is 242 g/mol. The molecule has 3 heteroatoms. The molecule has 18 heavy (non-hydrogen) atoms. The van der Waals surface area contributed by atoms with Crippen LogP contribution in [0.2, 0.25) is 0 Å². The van der Waals surface area contributed by atoms with Crippen LogP contribution in [0.3, 0.4) is 0 Å². The zero-order valence-electron chi connectivity index (χ0n) is 10.4. The van der Waals surface area contributed by atoms with E-state index < -0.39 is 0 Å². The largest absolute Gasteiger partial charge is 0.385 e. The highest BCUT2D eigenvalue weighted by Crippen LogP contribution is 2.26. The first-order valence-corrected chi connectivity index (χ1v) is 6.65. The first kappa shape index (κ1) is 11.3. The fourth-order valence-electron chi connectivity index (χ4n) is 2.63. The van der Waals surface area contributed by atoms with Crippen LogP contribution in [-0.2, 0) is 11.2 Å². The number of benzene rings is 1. The van der Waals surface area contributed by atoms with Crippen molar-refractivity contribution >= 4 is 17.3 Å². The molecule has 0 fully saturated rings. The fraction of sp³-hybridized carbons (Fsp3) is 0.400. The van der Waals surface area contributed by atoms with Crippen LogP contribution in [0.1, 0.15) is 24.8 Å². The molecule has 3 rings (SSSR count). The number of rotatable bonds is 2. The van der Waals surface area contributed by atoms with Crippen LogP contribution >= 0.6 is 0 Å². The second kappa shape index (κ2) is 4.84. The SMILES string of the molecule is O=C(Nc1ccc2c(c1)CCCN2)C1CC=CC1. The molecule has 0 radical (unpaired) electrons. The summed E-state index contributed by atoms with van der Waals surface area (Å²) in [4.78, 5) is 12.0. The predicted molar refractivity (Wildman–Crippen MR) is 73.7 cm³/mol. The lowest BCUT2D eigenvalue weighted by molar-refractivity contribution is -0.119. The summed E-state index contributed by atoms with van der Waals surface area (Å²) in [5.41, 5.74) is 3.44. The van der Waals surface area contributed by atoms with Gasteiger partial charge in [0.1, 0.15) is 0 Å². The molecule has 1 aliphatic heterocycles. The molecule has 1 aromatic carbocycles. The highest BCUT2D eigenvalue weighted by atomic mass is 16.1. The van der Waals surface area contributed by atoms with Crippen molar-refractivity contribution in [2.24, 2.45) is 5.92 Å². The zero-order chi connectivity index (χ0) is 12.4. The standard InChI is InChI=1S/C15H18N2O/c18-15(11-4-1-2-5-11)17-13-7-8-14-12(10-13)6-3-9-16-14/h1-2,7-8,10-11,16H,3-6,9H2,(H,17,18). The van der Waals surface area contributed by atoms with Gasteiger partial charge in [0.15, 0.2) is 0 Å². The number of hydrogen-bond donors (Lipinski definition) is 2. The maximum absolute atomic E-state index is 12.0. The molecular formula is C15H18N2O. The molecule has 2 N–H and O–H groups in total. The van der Waals surface area contributed by atoms with E-state index in [4.69, 9.17) is 0 Å². The first-order valence-electron chi connectivity index (χ1n) is 6.65. The van der Waals surface area contributed by atoms with Crippen LogP contribution in [0, 0.1) is 5.92 Å². The quantitative estimate of drug-likeness (QED) is 0.783.